The maximum absolute atomic E-state index is 12.6. The van der Waals surface area contributed by atoms with E-state index in [2.05, 4.69) is 21.4 Å². The van der Waals surface area contributed by atoms with Gasteiger partial charge in [0.1, 0.15) is 11.3 Å². The fourth-order valence-electron chi connectivity index (χ4n) is 3.78. The van der Waals surface area contributed by atoms with E-state index in [4.69, 9.17) is 0 Å². The number of aromatic amines is 1. The zero-order valence-corrected chi connectivity index (χ0v) is 13.6. The van der Waals surface area contributed by atoms with Gasteiger partial charge in [0.2, 0.25) is 0 Å². The van der Waals surface area contributed by atoms with E-state index in [-0.39, 0.29) is 5.91 Å². The Morgan fingerprint density at radius 2 is 1.83 bits per heavy atom. The van der Waals surface area contributed by atoms with Gasteiger partial charge in [0.05, 0.1) is 0 Å². The molecule has 0 unspecified atom stereocenters. The number of aromatic nitrogens is 2. The molecule has 2 saturated carbocycles. The second-order valence-corrected chi connectivity index (χ2v) is 7.14. The van der Waals surface area contributed by atoms with Crippen molar-refractivity contribution in [2.75, 3.05) is 0 Å². The Labute approximate surface area is 137 Å². The standard InChI is InChI=1S/C19H25N3O/c23-19(21-14-6-4-2-1-3-5-7-14)17-12-16-15(13-8-9-13)10-11-20-18(16)22-17/h10-14H,1-9H2,(H,20,22)(H,21,23). The van der Waals surface area contributed by atoms with Gasteiger partial charge >= 0.3 is 0 Å². The Kier molecular flexibility index (Phi) is 4.06. The first-order valence-corrected chi connectivity index (χ1v) is 9.10. The molecule has 0 aliphatic heterocycles. The van der Waals surface area contributed by atoms with Crippen molar-refractivity contribution in [3.8, 4) is 0 Å². The number of nitrogens with zero attached hydrogens (tertiary/aromatic N) is 1. The van der Waals surface area contributed by atoms with Gasteiger partial charge in [0.15, 0.2) is 0 Å². The van der Waals surface area contributed by atoms with Crippen LogP contribution >= 0.6 is 0 Å². The number of nitrogens with one attached hydrogen (secondary N) is 2. The highest BCUT2D eigenvalue weighted by Gasteiger charge is 2.26. The molecule has 2 heterocycles. The average molecular weight is 311 g/mol. The van der Waals surface area contributed by atoms with Crippen LogP contribution in [0.2, 0.25) is 0 Å². The molecule has 1 amide bonds. The largest absolute Gasteiger partial charge is 0.348 e. The molecule has 4 heteroatoms. The number of amides is 1. The minimum absolute atomic E-state index is 0.0234. The van der Waals surface area contributed by atoms with Crippen molar-refractivity contribution in [2.45, 2.75) is 69.7 Å². The molecular formula is C19H25N3O. The van der Waals surface area contributed by atoms with Crippen LogP contribution < -0.4 is 5.32 Å². The third kappa shape index (κ3) is 3.26. The molecular weight excluding hydrogens is 286 g/mol. The fraction of sp³-hybridized carbons (Fsp3) is 0.579. The molecule has 0 bridgehead atoms. The molecule has 0 atom stereocenters. The van der Waals surface area contributed by atoms with Crippen molar-refractivity contribution >= 4 is 16.9 Å². The van der Waals surface area contributed by atoms with E-state index in [0.717, 1.165) is 23.9 Å². The molecule has 0 saturated heterocycles. The van der Waals surface area contributed by atoms with Crippen molar-refractivity contribution in [2.24, 2.45) is 0 Å². The summed E-state index contributed by atoms with van der Waals surface area (Å²) >= 11 is 0. The number of hydrogen-bond acceptors (Lipinski definition) is 2. The molecule has 4 rings (SSSR count). The van der Waals surface area contributed by atoms with Crippen LogP contribution in [0.4, 0.5) is 0 Å². The number of rotatable bonds is 3. The summed E-state index contributed by atoms with van der Waals surface area (Å²) in [6, 6.07) is 4.42. The van der Waals surface area contributed by atoms with Gasteiger partial charge in [-0.2, -0.15) is 0 Å². The highest BCUT2D eigenvalue weighted by atomic mass is 16.1. The molecule has 2 fully saturated rings. The van der Waals surface area contributed by atoms with Crippen LogP contribution in [0.25, 0.3) is 11.0 Å². The average Bonchev–Trinajstić information content (AvgIpc) is 3.27. The van der Waals surface area contributed by atoms with Crippen molar-refractivity contribution in [1.82, 2.24) is 15.3 Å². The Morgan fingerprint density at radius 3 is 2.57 bits per heavy atom. The maximum atomic E-state index is 12.6. The van der Waals surface area contributed by atoms with Crippen molar-refractivity contribution in [1.29, 1.82) is 0 Å². The molecule has 0 radical (unpaired) electrons. The number of hydrogen-bond donors (Lipinski definition) is 2. The van der Waals surface area contributed by atoms with E-state index in [1.54, 1.807) is 0 Å². The first-order chi connectivity index (χ1) is 11.3. The highest BCUT2D eigenvalue weighted by Crippen LogP contribution is 2.42. The third-order valence-corrected chi connectivity index (χ3v) is 5.27. The Morgan fingerprint density at radius 1 is 1.09 bits per heavy atom. The third-order valence-electron chi connectivity index (χ3n) is 5.27. The lowest BCUT2D eigenvalue weighted by Crippen LogP contribution is -2.35. The van der Waals surface area contributed by atoms with Gasteiger partial charge in [-0.05, 0) is 49.3 Å². The zero-order valence-electron chi connectivity index (χ0n) is 13.6. The number of pyridine rings is 1. The summed E-state index contributed by atoms with van der Waals surface area (Å²) in [6.07, 6.45) is 13.0. The van der Waals surface area contributed by atoms with Gasteiger partial charge in [-0.25, -0.2) is 4.98 Å². The van der Waals surface area contributed by atoms with E-state index < -0.39 is 0 Å². The number of carbonyl (C=O) groups excluding carboxylic acids is 1. The lowest BCUT2D eigenvalue weighted by Gasteiger charge is -2.20. The summed E-state index contributed by atoms with van der Waals surface area (Å²) < 4.78 is 0. The molecule has 2 aliphatic carbocycles. The zero-order chi connectivity index (χ0) is 15.6. The maximum Gasteiger partial charge on any atom is 0.267 e. The topological polar surface area (TPSA) is 57.8 Å². The predicted octanol–water partition coefficient (Wildman–Crippen LogP) is 4.28. The van der Waals surface area contributed by atoms with Crippen molar-refractivity contribution < 1.29 is 4.79 Å². The second kappa shape index (κ2) is 6.34. The molecule has 0 spiro atoms. The van der Waals surface area contributed by atoms with Crippen LogP contribution in [0.15, 0.2) is 18.3 Å². The van der Waals surface area contributed by atoms with E-state index >= 15 is 0 Å². The first kappa shape index (κ1) is 14.7. The van der Waals surface area contributed by atoms with Gasteiger partial charge in [0.25, 0.3) is 5.91 Å². The minimum atomic E-state index is 0.0234. The molecule has 4 nitrogen and oxygen atoms in total. The molecule has 2 aromatic heterocycles. The fourth-order valence-corrected chi connectivity index (χ4v) is 3.78. The van der Waals surface area contributed by atoms with E-state index in [0.29, 0.717) is 17.7 Å². The van der Waals surface area contributed by atoms with Crippen LogP contribution in [0.1, 0.15) is 79.8 Å². The van der Waals surface area contributed by atoms with E-state index in [9.17, 15) is 4.79 Å². The summed E-state index contributed by atoms with van der Waals surface area (Å²) in [5, 5.41) is 4.35. The predicted molar refractivity (Wildman–Crippen MR) is 91.6 cm³/mol. The summed E-state index contributed by atoms with van der Waals surface area (Å²) in [5.74, 6) is 0.688. The highest BCUT2D eigenvalue weighted by molar-refractivity contribution is 5.98. The number of carbonyl (C=O) groups is 1. The molecule has 23 heavy (non-hydrogen) atoms. The van der Waals surface area contributed by atoms with Gasteiger partial charge < -0.3 is 10.3 Å². The lowest BCUT2D eigenvalue weighted by atomic mass is 9.96. The minimum Gasteiger partial charge on any atom is -0.348 e. The molecule has 2 aliphatic rings. The Balaban J connectivity index is 1.51. The van der Waals surface area contributed by atoms with Gasteiger partial charge in [-0.1, -0.05) is 32.1 Å². The van der Waals surface area contributed by atoms with Crippen LogP contribution in [0, 0.1) is 0 Å². The first-order valence-electron chi connectivity index (χ1n) is 9.10. The van der Waals surface area contributed by atoms with Gasteiger partial charge in [-0.15, -0.1) is 0 Å². The Hall–Kier alpha value is -1.84. The Bertz CT molecular complexity index is 694. The molecule has 122 valence electrons. The lowest BCUT2D eigenvalue weighted by molar-refractivity contribution is 0.0926. The van der Waals surface area contributed by atoms with Crippen molar-refractivity contribution in [3.63, 3.8) is 0 Å². The van der Waals surface area contributed by atoms with E-state index in [1.165, 1.54) is 50.5 Å². The monoisotopic (exact) mass is 311 g/mol. The summed E-state index contributed by atoms with van der Waals surface area (Å²) in [5.41, 5.74) is 2.84. The van der Waals surface area contributed by atoms with Crippen molar-refractivity contribution in [3.05, 3.63) is 29.6 Å². The van der Waals surface area contributed by atoms with Crippen LogP contribution in [-0.4, -0.2) is 21.9 Å². The van der Waals surface area contributed by atoms with Crippen LogP contribution in [0.3, 0.4) is 0 Å². The molecule has 2 aromatic rings. The summed E-state index contributed by atoms with van der Waals surface area (Å²) in [7, 11) is 0. The van der Waals surface area contributed by atoms with Crippen LogP contribution in [0.5, 0.6) is 0 Å². The summed E-state index contributed by atoms with van der Waals surface area (Å²) in [6.45, 7) is 0. The molecule has 0 aromatic carbocycles. The quantitative estimate of drug-likeness (QED) is 0.888. The number of fused-ring (bicyclic) bond motifs is 1. The summed E-state index contributed by atoms with van der Waals surface area (Å²) in [4.78, 5) is 20.2. The van der Waals surface area contributed by atoms with Crippen LogP contribution in [-0.2, 0) is 0 Å². The smallest absolute Gasteiger partial charge is 0.267 e. The normalized spacial score (nSPS) is 20.2. The van der Waals surface area contributed by atoms with E-state index in [1.807, 2.05) is 12.3 Å². The number of H-pyrrole nitrogens is 1. The van der Waals surface area contributed by atoms with Gasteiger partial charge in [-0.3, -0.25) is 4.79 Å². The van der Waals surface area contributed by atoms with Gasteiger partial charge in [0, 0.05) is 17.6 Å². The SMILES string of the molecule is O=C(NC1CCCCCCC1)c1cc2c(C3CC3)ccnc2[nH]1. The second-order valence-electron chi connectivity index (χ2n) is 7.14. The molecule has 2 N–H and O–H groups in total.